The standard InChI is InChI=1S/C13H20N2O2/c1-13(2,3)12(16)15(4)7-10-8-17-14-11(10)9-5-6-9/h8-9H,5-7H2,1-4H3. The Balaban J connectivity index is 2.05. The molecule has 1 saturated carbocycles. The van der Waals surface area contributed by atoms with Gasteiger partial charge in [0.2, 0.25) is 5.91 Å². The lowest BCUT2D eigenvalue weighted by atomic mass is 9.95. The van der Waals surface area contributed by atoms with Gasteiger partial charge >= 0.3 is 0 Å². The van der Waals surface area contributed by atoms with Crippen molar-refractivity contribution in [1.29, 1.82) is 0 Å². The molecule has 1 aromatic rings. The van der Waals surface area contributed by atoms with Crippen molar-refractivity contribution in [3.8, 4) is 0 Å². The van der Waals surface area contributed by atoms with Crippen LogP contribution in [-0.4, -0.2) is 23.0 Å². The summed E-state index contributed by atoms with van der Waals surface area (Å²) in [5.41, 5.74) is 1.75. The molecule has 0 aliphatic heterocycles. The average Bonchev–Trinajstić information content (AvgIpc) is 2.98. The van der Waals surface area contributed by atoms with Crippen LogP contribution in [0.15, 0.2) is 10.8 Å². The van der Waals surface area contributed by atoms with Gasteiger partial charge in [-0.25, -0.2) is 0 Å². The first-order valence-corrected chi connectivity index (χ1v) is 6.08. The quantitative estimate of drug-likeness (QED) is 0.810. The zero-order chi connectivity index (χ0) is 12.6. The van der Waals surface area contributed by atoms with Gasteiger partial charge in [0.15, 0.2) is 0 Å². The third-order valence-corrected chi connectivity index (χ3v) is 3.03. The predicted octanol–water partition coefficient (Wildman–Crippen LogP) is 2.56. The summed E-state index contributed by atoms with van der Waals surface area (Å²) in [6, 6.07) is 0. The Labute approximate surface area is 102 Å². The van der Waals surface area contributed by atoms with Crippen molar-refractivity contribution in [2.75, 3.05) is 7.05 Å². The highest BCUT2D eigenvalue weighted by Crippen LogP contribution is 2.41. The lowest BCUT2D eigenvalue weighted by Gasteiger charge is -2.25. The molecular weight excluding hydrogens is 216 g/mol. The minimum absolute atomic E-state index is 0.139. The maximum absolute atomic E-state index is 12.1. The Kier molecular flexibility index (Phi) is 2.98. The lowest BCUT2D eigenvalue weighted by molar-refractivity contribution is -0.138. The summed E-state index contributed by atoms with van der Waals surface area (Å²) in [5, 5.41) is 4.04. The number of nitrogens with zero attached hydrogens (tertiary/aromatic N) is 2. The first-order valence-electron chi connectivity index (χ1n) is 6.08. The molecule has 1 heterocycles. The highest BCUT2D eigenvalue weighted by molar-refractivity contribution is 5.81. The van der Waals surface area contributed by atoms with Gasteiger partial charge in [-0.1, -0.05) is 25.9 Å². The van der Waals surface area contributed by atoms with Crippen molar-refractivity contribution in [1.82, 2.24) is 10.1 Å². The molecule has 1 aliphatic carbocycles. The second-order valence-electron chi connectivity index (χ2n) is 5.91. The molecule has 0 bridgehead atoms. The molecule has 1 aromatic heterocycles. The van der Waals surface area contributed by atoms with E-state index in [1.807, 2.05) is 27.8 Å². The topological polar surface area (TPSA) is 46.3 Å². The predicted molar refractivity (Wildman–Crippen MR) is 64.4 cm³/mol. The molecule has 0 aromatic carbocycles. The summed E-state index contributed by atoms with van der Waals surface area (Å²) in [6.45, 7) is 6.38. The number of rotatable bonds is 3. The van der Waals surface area contributed by atoms with Gasteiger partial charge in [-0.2, -0.15) is 0 Å². The molecule has 1 aliphatic rings. The van der Waals surface area contributed by atoms with Crippen LogP contribution in [0, 0.1) is 5.41 Å². The van der Waals surface area contributed by atoms with Crippen LogP contribution in [0.4, 0.5) is 0 Å². The van der Waals surface area contributed by atoms with Gasteiger partial charge in [0.25, 0.3) is 0 Å². The smallest absolute Gasteiger partial charge is 0.227 e. The number of carbonyl (C=O) groups excluding carboxylic acids is 1. The molecule has 2 rings (SSSR count). The van der Waals surface area contributed by atoms with Crippen LogP contribution in [-0.2, 0) is 11.3 Å². The van der Waals surface area contributed by atoms with Gasteiger partial charge in [0.05, 0.1) is 12.2 Å². The summed E-state index contributed by atoms with van der Waals surface area (Å²) in [4.78, 5) is 13.8. The summed E-state index contributed by atoms with van der Waals surface area (Å²) < 4.78 is 5.03. The fourth-order valence-electron chi connectivity index (χ4n) is 1.98. The SMILES string of the molecule is CN(Cc1conc1C1CC1)C(=O)C(C)(C)C. The van der Waals surface area contributed by atoms with Crippen LogP contribution in [0.25, 0.3) is 0 Å². The van der Waals surface area contributed by atoms with Crippen LogP contribution < -0.4 is 0 Å². The molecule has 1 fully saturated rings. The van der Waals surface area contributed by atoms with E-state index in [1.165, 1.54) is 12.8 Å². The maximum Gasteiger partial charge on any atom is 0.227 e. The Morgan fingerprint density at radius 2 is 2.18 bits per heavy atom. The second-order valence-corrected chi connectivity index (χ2v) is 5.91. The molecule has 4 nitrogen and oxygen atoms in total. The molecule has 0 spiro atoms. The van der Waals surface area contributed by atoms with Gasteiger partial charge in [0.1, 0.15) is 6.26 Å². The third-order valence-electron chi connectivity index (χ3n) is 3.03. The van der Waals surface area contributed by atoms with E-state index in [4.69, 9.17) is 4.52 Å². The van der Waals surface area contributed by atoms with E-state index in [1.54, 1.807) is 11.2 Å². The number of amides is 1. The molecule has 17 heavy (non-hydrogen) atoms. The van der Waals surface area contributed by atoms with Crippen molar-refractivity contribution < 1.29 is 9.32 Å². The summed E-state index contributed by atoms with van der Waals surface area (Å²) in [5.74, 6) is 0.697. The maximum atomic E-state index is 12.1. The van der Waals surface area contributed by atoms with Gasteiger partial charge in [-0.05, 0) is 12.8 Å². The van der Waals surface area contributed by atoms with Crippen molar-refractivity contribution in [2.45, 2.75) is 46.1 Å². The Morgan fingerprint density at radius 1 is 1.53 bits per heavy atom. The molecule has 4 heteroatoms. The molecule has 94 valence electrons. The first-order chi connectivity index (χ1) is 7.89. The fraction of sp³-hybridized carbons (Fsp3) is 0.692. The average molecular weight is 236 g/mol. The van der Waals surface area contributed by atoms with E-state index >= 15 is 0 Å². The van der Waals surface area contributed by atoms with Crippen molar-refractivity contribution in [3.63, 3.8) is 0 Å². The Bertz CT molecular complexity index is 413. The van der Waals surface area contributed by atoms with Gasteiger partial charge < -0.3 is 9.42 Å². The first kappa shape index (κ1) is 12.1. The zero-order valence-corrected chi connectivity index (χ0v) is 11.0. The lowest BCUT2D eigenvalue weighted by Crippen LogP contribution is -2.36. The van der Waals surface area contributed by atoms with E-state index in [0.29, 0.717) is 12.5 Å². The fourth-order valence-corrected chi connectivity index (χ4v) is 1.98. The minimum Gasteiger partial charge on any atom is -0.364 e. The Morgan fingerprint density at radius 3 is 2.71 bits per heavy atom. The Hall–Kier alpha value is -1.32. The largest absolute Gasteiger partial charge is 0.364 e. The summed E-state index contributed by atoms with van der Waals surface area (Å²) in [7, 11) is 1.83. The van der Waals surface area contributed by atoms with E-state index in [9.17, 15) is 4.79 Å². The van der Waals surface area contributed by atoms with Crippen LogP contribution in [0.3, 0.4) is 0 Å². The number of hydrogen-bond acceptors (Lipinski definition) is 3. The normalized spacial score (nSPS) is 16.0. The van der Waals surface area contributed by atoms with Crippen LogP contribution >= 0.6 is 0 Å². The number of aromatic nitrogens is 1. The van der Waals surface area contributed by atoms with Crippen LogP contribution in [0.5, 0.6) is 0 Å². The monoisotopic (exact) mass is 236 g/mol. The van der Waals surface area contributed by atoms with E-state index < -0.39 is 0 Å². The van der Waals surface area contributed by atoms with Crippen LogP contribution in [0.2, 0.25) is 0 Å². The van der Waals surface area contributed by atoms with Gasteiger partial charge in [-0.3, -0.25) is 4.79 Å². The van der Waals surface area contributed by atoms with Crippen LogP contribution in [0.1, 0.15) is 50.8 Å². The summed E-state index contributed by atoms with van der Waals surface area (Å²) in [6.07, 6.45) is 4.05. The molecule has 1 amide bonds. The second kappa shape index (κ2) is 4.17. The molecule has 0 radical (unpaired) electrons. The number of hydrogen-bond donors (Lipinski definition) is 0. The van der Waals surface area contributed by atoms with Gasteiger partial charge in [0, 0.05) is 23.9 Å². The van der Waals surface area contributed by atoms with Gasteiger partial charge in [-0.15, -0.1) is 0 Å². The van der Waals surface area contributed by atoms with Crippen molar-refractivity contribution >= 4 is 5.91 Å². The highest BCUT2D eigenvalue weighted by atomic mass is 16.5. The highest BCUT2D eigenvalue weighted by Gasteiger charge is 2.31. The molecule has 0 atom stereocenters. The van der Waals surface area contributed by atoms with E-state index in [2.05, 4.69) is 5.16 Å². The summed E-state index contributed by atoms with van der Waals surface area (Å²) >= 11 is 0. The zero-order valence-electron chi connectivity index (χ0n) is 11.0. The van der Waals surface area contributed by atoms with Crippen molar-refractivity contribution in [3.05, 3.63) is 17.5 Å². The molecule has 0 unspecified atom stereocenters. The van der Waals surface area contributed by atoms with E-state index in [0.717, 1.165) is 11.3 Å². The van der Waals surface area contributed by atoms with Crippen molar-refractivity contribution in [2.24, 2.45) is 5.41 Å². The van der Waals surface area contributed by atoms with E-state index in [-0.39, 0.29) is 11.3 Å². The molecular formula is C13H20N2O2. The third kappa shape index (κ3) is 2.68. The molecule has 0 N–H and O–H groups in total. The molecule has 0 saturated heterocycles. The number of carbonyl (C=O) groups is 1. The minimum atomic E-state index is -0.342.